The maximum Gasteiger partial charge on any atom is 0.0702 e. The van der Waals surface area contributed by atoms with Crippen LogP contribution in [-0.2, 0) is 6.42 Å². The predicted octanol–water partition coefficient (Wildman–Crippen LogP) is 2.66. The quantitative estimate of drug-likeness (QED) is 0.849. The van der Waals surface area contributed by atoms with Crippen molar-refractivity contribution < 1.29 is 0 Å². The summed E-state index contributed by atoms with van der Waals surface area (Å²) in [5, 5.41) is 1.22. The molecule has 0 radical (unpaired) electrons. The van der Waals surface area contributed by atoms with Crippen LogP contribution in [0.25, 0.3) is 10.9 Å². The van der Waals surface area contributed by atoms with Gasteiger partial charge in [-0.3, -0.25) is 4.98 Å². The van der Waals surface area contributed by atoms with Gasteiger partial charge >= 0.3 is 0 Å². The normalized spacial score (nSPS) is 17.6. The summed E-state index contributed by atoms with van der Waals surface area (Å²) in [6, 6.07) is 10.5. The number of aryl methyl sites for hydroxylation is 1. The van der Waals surface area contributed by atoms with E-state index < -0.39 is 0 Å². The maximum absolute atomic E-state index is 6.09. The molecule has 2 heteroatoms. The molecule has 0 bridgehead atoms. The molecule has 0 atom stereocenters. The van der Waals surface area contributed by atoms with E-state index in [0.29, 0.717) is 0 Å². The largest absolute Gasteiger partial charge is 0.325 e. The number of nitrogens with two attached hydrogens (primary N) is 1. The molecule has 0 amide bonds. The summed E-state index contributed by atoms with van der Waals surface area (Å²) >= 11 is 0. The van der Waals surface area contributed by atoms with Crippen molar-refractivity contribution in [2.24, 2.45) is 5.73 Å². The minimum atomic E-state index is 0.144. The van der Waals surface area contributed by atoms with Gasteiger partial charge in [-0.25, -0.2) is 0 Å². The van der Waals surface area contributed by atoms with Gasteiger partial charge in [0, 0.05) is 17.1 Å². The molecule has 0 aliphatic heterocycles. The molecule has 2 aromatic rings. The van der Waals surface area contributed by atoms with Crippen LogP contribution < -0.4 is 5.73 Å². The van der Waals surface area contributed by atoms with Gasteiger partial charge in [0.15, 0.2) is 0 Å². The highest BCUT2D eigenvalue weighted by atomic mass is 14.8. The second-order valence-corrected chi connectivity index (χ2v) is 4.90. The SMILES string of the molecule is NC1(CCc2cnc3ccccc3c2)CC1. The van der Waals surface area contributed by atoms with Gasteiger partial charge in [-0.2, -0.15) is 0 Å². The Kier molecular flexibility index (Phi) is 2.18. The number of fused-ring (bicyclic) bond motifs is 1. The molecule has 82 valence electrons. The zero-order chi connectivity index (χ0) is 11.0. The molecule has 1 aromatic carbocycles. The highest BCUT2D eigenvalue weighted by molar-refractivity contribution is 5.78. The number of pyridine rings is 1. The topological polar surface area (TPSA) is 38.9 Å². The molecule has 1 aliphatic carbocycles. The molecule has 3 rings (SSSR count). The molecule has 16 heavy (non-hydrogen) atoms. The zero-order valence-electron chi connectivity index (χ0n) is 9.32. The van der Waals surface area contributed by atoms with Crippen LogP contribution in [0.2, 0.25) is 0 Å². The Balaban J connectivity index is 1.81. The Labute approximate surface area is 95.5 Å². The molecule has 1 saturated carbocycles. The Bertz CT molecular complexity index is 515. The van der Waals surface area contributed by atoms with Crippen molar-refractivity contribution in [1.29, 1.82) is 0 Å². The van der Waals surface area contributed by atoms with Crippen LogP contribution >= 0.6 is 0 Å². The second kappa shape index (κ2) is 3.56. The van der Waals surface area contributed by atoms with Gasteiger partial charge < -0.3 is 5.73 Å². The minimum absolute atomic E-state index is 0.144. The van der Waals surface area contributed by atoms with E-state index in [1.807, 2.05) is 18.3 Å². The Morgan fingerprint density at radius 2 is 2.06 bits per heavy atom. The minimum Gasteiger partial charge on any atom is -0.325 e. The second-order valence-electron chi connectivity index (χ2n) is 4.90. The van der Waals surface area contributed by atoms with Gasteiger partial charge in [-0.1, -0.05) is 18.2 Å². The van der Waals surface area contributed by atoms with E-state index in [1.54, 1.807) is 0 Å². The summed E-state index contributed by atoms with van der Waals surface area (Å²) in [4.78, 5) is 4.46. The zero-order valence-corrected chi connectivity index (χ0v) is 9.32. The van der Waals surface area contributed by atoms with Crippen molar-refractivity contribution in [2.45, 2.75) is 31.2 Å². The van der Waals surface area contributed by atoms with Crippen molar-refractivity contribution in [3.63, 3.8) is 0 Å². The van der Waals surface area contributed by atoms with E-state index in [0.717, 1.165) is 18.4 Å². The monoisotopic (exact) mass is 212 g/mol. The number of para-hydroxylation sites is 1. The molecule has 2 nitrogen and oxygen atoms in total. The lowest BCUT2D eigenvalue weighted by Crippen LogP contribution is -2.22. The molecule has 0 unspecified atom stereocenters. The number of nitrogens with zero attached hydrogens (tertiary/aromatic N) is 1. The van der Waals surface area contributed by atoms with Crippen molar-refractivity contribution >= 4 is 10.9 Å². The summed E-state index contributed by atoms with van der Waals surface area (Å²) in [7, 11) is 0. The van der Waals surface area contributed by atoms with Gasteiger partial charge in [-0.05, 0) is 43.4 Å². The van der Waals surface area contributed by atoms with Crippen molar-refractivity contribution in [3.8, 4) is 0 Å². The summed E-state index contributed by atoms with van der Waals surface area (Å²) in [6.07, 6.45) is 6.50. The first-order valence-electron chi connectivity index (χ1n) is 5.88. The first kappa shape index (κ1) is 9.79. The average molecular weight is 212 g/mol. The molecule has 0 saturated heterocycles. The van der Waals surface area contributed by atoms with Gasteiger partial charge in [0.1, 0.15) is 0 Å². The standard InChI is InChI=1S/C14H16N2/c15-14(7-8-14)6-5-11-9-12-3-1-2-4-13(12)16-10-11/h1-4,9-10H,5-8,15H2. The van der Waals surface area contributed by atoms with Gasteiger partial charge in [0.05, 0.1) is 5.52 Å². The highest BCUT2D eigenvalue weighted by Crippen LogP contribution is 2.36. The van der Waals surface area contributed by atoms with Crippen LogP contribution in [-0.4, -0.2) is 10.5 Å². The van der Waals surface area contributed by atoms with Crippen LogP contribution in [0.4, 0.5) is 0 Å². The van der Waals surface area contributed by atoms with Crippen molar-refractivity contribution in [1.82, 2.24) is 4.98 Å². The van der Waals surface area contributed by atoms with Crippen molar-refractivity contribution in [2.75, 3.05) is 0 Å². The summed E-state index contributed by atoms with van der Waals surface area (Å²) in [5.74, 6) is 0. The molecule has 1 fully saturated rings. The Morgan fingerprint density at radius 1 is 1.25 bits per heavy atom. The fourth-order valence-electron chi connectivity index (χ4n) is 2.06. The fraction of sp³-hybridized carbons (Fsp3) is 0.357. The number of benzene rings is 1. The molecule has 0 spiro atoms. The first-order chi connectivity index (χ1) is 7.75. The molecular weight excluding hydrogens is 196 g/mol. The number of rotatable bonds is 3. The lowest BCUT2D eigenvalue weighted by atomic mass is 10.0. The number of aromatic nitrogens is 1. The van der Waals surface area contributed by atoms with E-state index in [9.17, 15) is 0 Å². The van der Waals surface area contributed by atoms with E-state index >= 15 is 0 Å². The van der Waals surface area contributed by atoms with Gasteiger partial charge in [-0.15, -0.1) is 0 Å². The lowest BCUT2D eigenvalue weighted by molar-refractivity contribution is 0.609. The number of hydrogen-bond acceptors (Lipinski definition) is 2. The first-order valence-corrected chi connectivity index (χ1v) is 5.88. The van der Waals surface area contributed by atoms with E-state index in [4.69, 9.17) is 5.73 Å². The third-order valence-electron chi connectivity index (χ3n) is 3.45. The molecule has 1 aliphatic rings. The van der Waals surface area contributed by atoms with Crippen LogP contribution in [0.3, 0.4) is 0 Å². The van der Waals surface area contributed by atoms with Crippen molar-refractivity contribution in [3.05, 3.63) is 42.1 Å². The van der Waals surface area contributed by atoms with Gasteiger partial charge in [0.25, 0.3) is 0 Å². The maximum atomic E-state index is 6.09. The van der Waals surface area contributed by atoms with Gasteiger partial charge in [0.2, 0.25) is 0 Å². The molecule has 1 heterocycles. The van der Waals surface area contributed by atoms with E-state index in [-0.39, 0.29) is 5.54 Å². The third kappa shape index (κ3) is 1.93. The van der Waals surface area contributed by atoms with E-state index in [2.05, 4.69) is 23.2 Å². The van der Waals surface area contributed by atoms with E-state index in [1.165, 1.54) is 23.8 Å². The third-order valence-corrected chi connectivity index (χ3v) is 3.45. The molecular formula is C14H16N2. The molecule has 2 N–H and O–H groups in total. The Morgan fingerprint density at radius 3 is 2.88 bits per heavy atom. The summed E-state index contributed by atoms with van der Waals surface area (Å²) in [5.41, 5.74) is 8.60. The van der Waals surface area contributed by atoms with Crippen LogP contribution in [0, 0.1) is 0 Å². The fourth-order valence-corrected chi connectivity index (χ4v) is 2.06. The average Bonchev–Trinajstić information content (AvgIpc) is 3.05. The summed E-state index contributed by atoms with van der Waals surface area (Å²) in [6.45, 7) is 0. The smallest absolute Gasteiger partial charge is 0.0702 e. The van der Waals surface area contributed by atoms with Crippen LogP contribution in [0.1, 0.15) is 24.8 Å². The Hall–Kier alpha value is -1.41. The van der Waals surface area contributed by atoms with Crippen LogP contribution in [0.5, 0.6) is 0 Å². The summed E-state index contributed by atoms with van der Waals surface area (Å²) < 4.78 is 0. The highest BCUT2D eigenvalue weighted by Gasteiger charge is 2.37. The predicted molar refractivity (Wildman–Crippen MR) is 66.2 cm³/mol. The molecule has 1 aromatic heterocycles. The number of hydrogen-bond donors (Lipinski definition) is 1. The lowest BCUT2D eigenvalue weighted by Gasteiger charge is -2.08. The van der Waals surface area contributed by atoms with Crippen LogP contribution in [0.15, 0.2) is 36.5 Å².